The van der Waals surface area contributed by atoms with Gasteiger partial charge in [-0.3, -0.25) is 9.69 Å². The van der Waals surface area contributed by atoms with Crippen molar-refractivity contribution in [3.05, 3.63) is 0 Å². The van der Waals surface area contributed by atoms with Crippen LogP contribution in [0.2, 0.25) is 0 Å². The molecular weight excluding hydrogens is 238 g/mol. The minimum atomic E-state index is 0.326. The molecule has 0 aromatic carbocycles. The Hall–Kier alpha value is -0.610. The molecule has 0 aromatic rings. The zero-order valence-electron chi connectivity index (χ0n) is 12.6. The van der Waals surface area contributed by atoms with Gasteiger partial charge >= 0.3 is 0 Å². The van der Waals surface area contributed by atoms with Crippen LogP contribution in [0.5, 0.6) is 0 Å². The third kappa shape index (κ3) is 3.69. The van der Waals surface area contributed by atoms with Crippen LogP contribution >= 0.6 is 0 Å². The SMILES string of the molecule is CCCN(CCC)C(=O)CN1CCC2(CCNC2)C1. The molecule has 4 heteroatoms. The molecule has 2 heterocycles. The van der Waals surface area contributed by atoms with Crippen LogP contribution in [0.15, 0.2) is 0 Å². The van der Waals surface area contributed by atoms with E-state index in [4.69, 9.17) is 0 Å². The van der Waals surface area contributed by atoms with Crippen LogP contribution in [0.25, 0.3) is 0 Å². The van der Waals surface area contributed by atoms with Crippen molar-refractivity contribution in [2.45, 2.75) is 39.5 Å². The molecule has 19 heavy (non-hydrogen) atoms. The average Bonchev–Trinajstić information content (AvgIpc) is 3.00. The van der Waals surface area contributed by atoms with E-state index in [9.17, 15) is 4.79 Å². The van der Waals surface area contributed by atoms with E-state index in [0.717, 1.165) is 52.1 Å². The van der Waals surface area contributed by atoms with E-state index in [2.05, 4.69) is 24.1 Å². The molecule has 4 nitrogen and oxygen atoms in total. The highest BCUT2D eigenvalue weighted by molar-refractivity contribution is 5.78. The number of nitrogens with one attached hydrogen (secondary N) is 1. The lowest BCUT2D eigenvalue weighted by atomic mass is 9.87. The number of carbonyl (C=O) groups is 1. The largest absolute Gasteiger partial charge is 0.342 e. The van der Waals surface area contributed by atoms with Crippen molar-refractivity contribution >= 4 is 5.91 Å². The van der Waals surface area contributed by atoms with E-state index in [1.54, 1.807) is 0 Å². The first-order valence-corrected chi connectivity index (χ1v) is 7.90. The number of amides is 1. The number of hydrogen-bond acceptors (Lipinski definition) is 3. The summed E-state index contributed by atoms with van der Waals surface area (Å²) in [6.07, 6.45) is 4.65. The third-order valence-corrected chi connectivity index (χ3v) is 4.55. The Balaban J connectivity index is 1.81. The van der Waals surface area contributed by atoms with Crippen molar-refractivity contribution in [1.82, 2.24) is 15.1 Å². The van der Waals surface area contributed by atoms with Gasteiger partial charge in [0.15, 0.2) is 0 Å². The molecule has 2 aliphatic heterocycles. The summed E-state index contributed by atoms with van der Waals surface area (Å²) >= 11 is 0. The Morgan fingerprint density at radius 3 is 2.58 bits per heavy atom. The molecule has 2 saturated heterocycles. The highest BCUT2D eigenvalue weighted by Crippen LogP contribution is 2.35. The molecule has 0 bridgehead atoms. The summed E-state index contributed by atoms with van der Waals surface area (Å²) < 4.78 is 0. The summed E-state index contributed by atoms with van der Waals surface area (Å²) in [6.45, 7) is 11.2. The summed E-state index contributed by atoms with van der Waals surface area (Å²) in [5, 5.41) is 3.47. The summed E-state index contributed by atoms with van der Waals surface area (Å²) in [5.41, 5.74) is 0.473. The second kappa shape index (κ2) is 6.71. The molecule has 2 rings (SSSR count). The Morgan fingerprint density at radius 1 is 1.26 bits per heavy atom. The van der Waals surface area contributed by atoms with E-state index >= 15 is 0 Å². The monoisotopic (exact) mass is 267 g/mol. The molecule has 2 aliphatic rings. The molecule has 1 atom stereocenters. The Bertz CT molecular complexity index is 294. The Kier molecular flexibility index (Phi) is 5.22. The van der Waals surface area contributed by atoms with E-state index < -0.39 is 0 Å². The van der Waals surface area contributed by atoms with E-state index in [1.165, 1.54) is 12.8 Å². The molecule has 0 aromatic heterocycles. The molecule has 110 valence electrons. The molecule has 2 fully saturated rings. The van der Waals surface area contributed by atoms with Crippen molar-refractivity contribution in [1.29, 1.82) is 0 Å². The molecule has 1 N–H and O–H groups in total. The van der Waals surface area contributed by atoms with Gasteiger partial charge < -0.3 is 10.2 Å². The van der Waals surface area contributed by atoms with Crippen LogP contribution in [0.1, 0.15) is 39.5 Å². The first-order valence-electron chi connectivity index (χ1n) is 7.90. The number of likely N-dealkylation sites (tertiary alicyclic amines) is 1. The third-order valence-electron chi connectivity index (χ3n) is 4.55. The van der Waals surface area contributed by atoms with Gasteiger partial charge in [-0.2, -0.15) is 0 Å². The molecule has 0 radical (unpaired) electrons. The predicted molar refractivity (Wildman–Crippen MR) is 78.1 cm³/mol. The first kappa shape index (κ1) is 14.8. The second-order valence-corrected chi connectivity index (χ2v) is 6.27. The van der Waals surface area contributed by atoms with Gasteiger partial charge in [0, 0.05) is 26.2 Å². The van der Waals surface area contributed by atoms with Crippen molar-refractivity contribution in [2.24, 2.45) is 5.41 Å². The smallest absolute Gasteiger partial charge is 0.236 e. The van der Waals surface area contributed by atoms with Crippen LogP contribution in [-0.2, 0) is 4.79 Å². The molecule has 1 unspecified atom stereocenters. The van der Waals surface area contributed by atoms with Crippen molar-refractivity contribution in [3.8, 4) is 0 Å². The van der Waals surface area contributed by atoms with Gasteiger partial charge in [0.05, 0.1) is 6.54 Å². The van der Waals surface area contributed by atoms with E-state index in [1.807, 2.05) is 4.90 Å². The van der Waals surface area contributed by atoms with Gasteiger partial charge in [-0.25, -0.2) is 0 Å². The average molecular weight is 267 g/mol. The molecule has 0 saturated carbocycles. The van der Waals surface area contributed by atoms with Crippen molar-refractivity contribution < 1.29 is 4.79 Å². The number of nitrogens with zero attached hydrogens (tertiary/aromatic N) is 2. The lowest BCUT2D eigenvalue weighted by Gasteiger charge is -2.26. The summed E-state index contributed by atoms with van der Waals surface area (Å²) in [4.78, 5) is 16.8. The van der Waals surface area contributed by atoms with Crippen LogP contribution in [0.3, 0.4) is 0 Å². The normalized spacial score (nSPS) is 27.3. The number of hydrogen-bond donors (Lipinski definition) is 1. The zero-order chi connectivity index (χ0) is 13.7. The number of rotatable bonds is 6. The molecule has 1 spiro atoms. The predicted octanol–water partition coefficient (Wildman–Crippen LogP) is 1.32. The zero-order valence-corrected chi connectivity index (χ0v) is 12.6. The van der Waals surface area contributed by atoms with Crippen LogP contribution in [-0.4, -0.2) is 61.5 Å². The van der Waals surface area contributed by atoms with Crippen LogP contribution < -0.4 is 5.32 Å². The fourth-order valence-corrected chi connectivity index (χ4v) is 3.50. The number of carbonyl (C=O) groups excluding carboxylic acids is 1. The quantitative estimate of drug-likeness (QED) is 0.788. The minimum absolute atomic E-state index is 0.326. The lowest BCUT2D eigenvalue weighted by Crippen LogP contribution is -2.41. The minimum Gasteiger partial charge on any atom is -0.342 e. The fraction of sp³-hybridized carbons (Fsp3) is 0.933. The van der Waals surface area contributed by atoms with Crippen LogP contribution in [0, 0.1) is 5.41 Å². The van der Waals surface area contributed by atoms with Gasteiger partial charge in [0.2, 0.25) is 5.91 Å². The molecule has 1 amide bonds. The fourth-order valence-electron chi connectivity index (χ4n) is 3.50. The molecule has 0 aliphatic carbocycles. The lowest BCUT2D eigenvalue weighted by molar-refractivity contribution is -0.132. The highest BCUT2D eigenvalue weighted by Gasteiger charge is 2.40. The maximum atomic E-state index is 12.4. The van der Waals surface area contributed by atoms with Gasteiger partial charge in [-0.1, -0.05) is 13.8 Å². The second-order valence-electron chi connectivity index (χ2n) is 6.27. The highest BCUT2D eigenvalue weighted by atomic mass is 16.2. The Labute approximate surface area is 117 Å². The summed E-state index contributed by atoms with van der Waals surface area (Å²) in [6, 6.07) is 0. The van der Waals surface area contributed by atoms with Gasteiger partial charge in [-0.05, 0) is 44.2 Å². The van der Waals surface area contributed by atoms with E-state index in [-0.39, 0.29) is 0 Å². The summed E-state index contributed by atoms with van der Waals surface area (Å²) in [7, 11) is 0. The maximum absolute atomic E-state index is 12.4. The maximum Gasteiger partial charge on any atom is 0.236 e. The van der Waals surface area contributed by atoms with Gasteiger partial charge in [0.25, 0.3) is 0 Å². The van der Waals surface area contributed by atoms with Gasteiger partial charge in [0.1, 0.15) is 0 Å². The van der Waals surface area contributed by atoms with Crippen molar-refractivity contribution in [3.63, 3.8) is 0 Å². The topological polar surface area (TPSA) is 35.6 Å². The van der Waals surface area contributed by atoms with Crippen molar-refractivity contribution in [2.75, 3.05) is 45.8 Å². The van der Waals surface area contributed by atoms with E-state index in [0.29, 0.717) is 17.9 Å². The Morgan fingerprint density at radius 2 is 2.00 bits per heavy atom. The summed E-state index contributed by atoms with van der Waals surface area (Å²) in [5.74, 6) is 0.326. The standard InChI is InChI=1S/C15H29N3O/c1-3-8-18(9-4-2)14(19)11-17-10-6-15(13-17)5-7-16-12-15/h16H,3-13H2,1-2H3. The van der Waals surface area contributed by atoms with Crippen LogP contribution in [0.4, 0.5) is 0 Å². The van der Waals surface area contributed by atoms with Gasteiger partial charge in [-0.15, -0.1) is 0 Å². The first-order chi connectivity index (χ1) is 9.19. The molecular formula is C15H29N3O.